The van der Waals surface area contributed by atoms with Gasteiger partial charge in [0.05, 0.1) is 7.11 Å². The summed E-state index contributed by atoms with van der Waals surface area (Å²) in [6.45, 7) is 0. The molecule has 0 fully saturated rings. The van der Waals surface area contributed by atoms with Gasteiger partial charge < -0.3 is 4.74 Å². The molecule has 0 saturated carbocycles. The molecule has 0 heterocycles. The maximum atomic E-state index is 13.1. The molecule has 0 aliphatic rings. The lowest BCUT2D eigenvalue weighted by atomic mass is 10.1. The highest BCUT2D eigenvalue weighted by atomic mass is 19.1. The molecule has 0 radical (unpaired) electrons. The van der Waals surface area contributed by atoms with Crippen LogP contribution in [0, 0.1) is 11.6 Å². The minimum absolute atomic E-state index is 0.0612. The first kappa shape index (κ1) is 12.3. The number of carbonyl (C=O) groups excluding carboxylic acids is 2. The fraction of sp³-hybridized carbons (Fsp3) is 0.273. The quantitative estimate of drug-likeness (QED) is 0.581. The Morgan fingerprint density at radius 2 is 2.00 bits per heavy atom. The van der Waals surface area contributed by atoms with Crippen LogP contribution in [0.4, 0.5) is 8.78 Å². The van der Waals surface area contributed by atoms with Crippen molar-refractivity contribution >= 4 is 11.8 Å². The second-order valence-corrected chi connectivity index (χ2v) is 3.20. The van der Waals surface area contributed by atoms with E-state index >= 15 is 0 Å². The summed E-state index contributed by atoms with van der Waals surface area (Å²) in [7, 11) is 1.15. The number of ether oxygens (including phenoxy) is 1. The molecule has 1 aromatic carbocycles. The van der Waals surface area contributed by atoms with Crippen molar-refractivity contribution in [3.8, 4) is 0 Å². The lowest BCUT2D eigenvalue weighted by Gasteiger charge is -2.02. The molecule has 0 aliphatic heterocycles. The Morgan fingerprint density at radius 1 is 1.31 bits per heavy atom. The van der Waals surface area contributed by atoms with Crippen molar-refractivity contribution in [3.63, 3.8) is 0 Å². The van der Waals surface area contributed by atoms with E-state index in [9.17, 15) is 18.4 Å². The summed E-state index contributed by atoms with van der Waals surface area (Å²) < 4.78 is 30.2. The van der Waals surface area contributed by atoms with E-state index in [2.05, 4.69) is 4.74 Å². The van der Waals surface area contributed by atoms with Crippen LogP contribution in [-0.4, -0.2) is 18.9 Å². The van der Waals surface area contributed by atoms with Crippen LogP contribution in [0.2, 0.25) is 0 Å². The van der Waals surface area contributed by atoms with Crippen LogP contribution in [-0.2, 0) is 20.7 Å². The molecule has 1 aromatic rings. The van der Waals surface area contributed by atoms with Gasteiger partial charge in [0.1, 0.15) is 23.8 Å². The number of Topliss-reactive ketones (excluding diaryl/α,β-unsaturated/α-hetero) is 1. The second-order valence-electron chi connectivity index (χ2n) is 3.20. The minimum Gasteiger partial charge on any atom is -0.469 e. The van der Waals surface area contributed by atoms with Crippen LogP contribution in [0.15, 0.2) is 18.2 Å². The van der Waals surface area contributed by atoms with Crippen molar-refractivity contribution in [2.75, 3.05) is 7.11 Å². The van der Waals surface area contributed by atoms with Crippen LogP contribution < -0.4 is 0 Å². The monoisotopic (exact) mass is 228 g/mol. The summed E-state index contributed by atoms with van der Waals surface area (Å²) in [6.07, 6.45) is -0.759. The molecule has 0 N–H and O–H groups in total. The van der Waals surface area contributed by atoms with Gasteiger partial charge in [-0.15, -0.1) is 0 Å². The van der Waals surface area contributed by atoms with Crippen LogP contribution in [0.3, 0.4) is 0 Å². The first-order valence-corrected chi connectivity index (χ1v) is 4.55. The Bertz CT molecular complexity index is 416. The summed E-state index contributed by atoms with van der Waals surface area (Å²) in [5.41, 5.74) is -0.0612. The molecule has 0 amide bonds. The second kappa shape index (κ2) is 5.34. The highest BCUT2D eigenvalue weighted by molar-refractivity contribution is 5.96. The molecule has 0 atom stereocenters. The first-order valence-electron chi connectivity index (χ1n) is 4.55. The number of methoxy groups -OCH3 is 1. The lowest BCUT2D eigenvalue weighted by molar-refractivity contribution is -0.143. The first-order chi connectivity index (χ1) is 7.52. The molecule has 0 unspecified atom stereocenters. The van der Waals surface area contributed by atoms with Gasteiger partial charge in [-0.25, -0.2) is 8.78 Å². The molecule has 1 rings (SSSR count). The maximum absolute atomic E-state index is 13.1. The van der Waals surface area contributed by atoms with Crippen molar-refractivity contribution in [1.29, 1.82) is 0 Å². The Hall–Kier alpha value is -1.78. The molecule has 16 heavy (non-hydrogen) atoms. The standard InChI is InChI=1S/C11H10F2O3/c1-16-11(15)6-9(14)5-7-4-8(12)2-3-10(7)13/h2-4H,5-6H2,1H3. The van der Waals surface area contributed by atoms with Crippen LogP contribution in [0.1, 0.15) is 12.0 Å². The molecule has 0 saturated heterocycles. The Labute approximate surface area is 91.0 Å². The van der Waals surface area contributed by atoms with Crippen molar-refractivity contribution < 1.29 is 23.1 Å². The number of benzene rings is 1. The predicted octanol–water partition coefficient (Wildman–Crippen LogP) is 1.64. The summed E-state index contributed by atoms with van der Waals surface area (Å²) in [4.78, 5) is 22.0. The van der Waals surface area contributed by atoms with Crippen molar-refractivity contribution in [3.05, 3.63) is 35.4 Å². The fourth-order valence-electron chi connectivity index (χ4n) is 1.19. The highest BCUT2D eigenvalue weighted by Gasteiger charge is 2.13. The van der Waals surface area contributed by atoms with Gasteiger partial charge in [0.2, 0.25) is 0 Å². The van der Waals surface area contributed by atoms with Crippen molar-refractivity contribution in [1.82, 2.24) is 0 Å². The van der Waals surface area contributed by atoms with Crippen LogP contribution in [0.5, 0.6) is 0 Å². The lowest BCUT2D eigenvalue weighted by Crippen LogP contribution is -2.12. The molecule has 0 aromatic heterocycles. The molecular weight excluding hydrogens is 218 g/mol. The van der Waals surface area contributed by atoms with E-state index in [0.717, 1.165) is 25.3 Å². The van der Waals surface area contributed by atoms with E-state index in [4.69, 9.17) is 0 Å². The van der Waals surface area contributed by atoms with Gasteiger partial charge in [-0.1, -0.05) is 0 Å². The van der Waals surface area contributed by atoms with E-state index in [1.54, 1.807) is 0 Å². The Kier molecular flexibility index (Phi) is 4.10. The number of rotatable bonds is 4. The summed E-state index contributed by atoms with van der Waals surface area (Å²) >= 11 is 0. The smallest absolute Gasteiger partial charge is 0.313 e. The zero-order chi connectivity index (χ0) is 12.1. The Morgan fingerprint density at radius 3 is 2.62 bits per heavy atom. The van der Waals surface area contributed by atoms with E-state index in [1.165, 1.54) is 0 Å². The number of hydrogen-bond donors (Lipinski definition) is 0. The van der Waals surface area contributed by atoms with E-state index in [1.807, 2.05) is 0 Å². The zero-order valence-corrected chi connectivity index (χ0v) is 8.63. The topological polar surface area (TPSA) is 43.4 Å². The zero-order valence-electron chi connectivity index (χ0n) is 8.63. The van der Waals surface area contributed by atoms with E-state index in [-0.39, 0.29) is 12.0 Å². The highest BCUT2D eigenvalue weighted by Crippen LogP contribution is 2.11. The van der Waals surface area contributed by atoms with E-state index in [0.29, 0.717) is 0 Å². The van der Waals surface area contributed by atoms with Gasteiger partial charge in [-0.2, -0.15) is 0 Å². The molecular formula is C11H10F2O3. The van der Waals surface area contributed by atoms with Gasteiger partial charge in [0.25, 0.3) is 0 Å². The third-order valence-electron chi connectivity index (χ3n) is 1.96. The molecule has 0 aliphatic carbocycles. The number of ketones is 1. The van der Waals surface area contributed by atoms with Gasteiger partial charge in [-0.3, -0.25) is 9.59 Å². The number of carbonyl (C=O) groups is 2. The fourth-order valence-corrected chi connectivity index (χ4v) is 1.19. The SMILES string of the molecule is COC(=O)CC(=O)Cc1cc(F)ccc1F. The molecule has 0 bridgehead atoms. The summed E-state index contributed by atoms with van der Waals surface area (Å²) in [5.74, 6) is -2.50. The van der Waals surface area contributed by atoms with E-state index < -0.39 is 29.8 Å². The summed E-state index contributed by atoms with van der Waals surface area (Å²) in [6, 6.07) is 2.84. The number of esters is 1. The maximum Gasteiger partial charge on any atom is 0.313 e. The number of hydrogen-bond acceptors (Lipinski definition) is 3. The van der Waals surface area contributed by atoms with Crippen molar-refractivity contribution in [2.24, 2.45) is 0 Å². The average molecular weight is 228 g/mol. The average Bonchev–Trinajstić information content (AvgIpc) is 2.23. The van der Waals surface area contributed by atoms with Crippen molar-refractivity contribution in [2.45, 2.75) is 12.8 Å². The minimum atomic E-state index is -0.693. The van der Waals surface area contributed by atoms with Crippen LogP contribution in [0.25, 0.3) is 0 Å². The predicted molar refractivity (Wildman–Crippen MR) is 51.7 cm³/mol. The van der Waals surface area contributed by atoms with Gasteiger partial charge in [-0.05, 0) is 23.8 Å². The van der Waals surface area contributed by atoms with Gasteiger partial charge in [0.15, 0.2) is 0 Å². The number of halogens is 2. The van der Waals surface area contributed by atoms with Crippen LogP contribution >= 0.6 is 0 Å². The summed E-state index contributed by atoms with van der Waals surface area (Å²) in [5, 5.41) is 0. The molecule has 3 nitrogen and oxygen atoms in total. The molecule has 0 spiro atoms. The van der Waals surface area contributed by atoms with Gasteiger partial charge >= 0.3 is 5.97 Å². The normalized spacial score (nSPS) is 9.94. The largest absolute Gasteiger partial charge is 0.469 e. The Balaban J connectivity index is 2.69. The third kappa shape index (κ3) is 3.42. The van der Waals surface area contributed by atoms with Gasteiger partial charge in [0, 0.05) is 6.42 Å². The molecule has 5 heteroatoms. The third-order valence-corrected chi connectivity index (χ3v) is 1.96. The molecule has 86 valence electrons.